The minimum absolute atomic E-state index is 0.371. The molecule has 0 aromatic heterocycles. The second-order valence-electron chi connectivity index (χ2n) is 5.64. The molecule has 1 aliphatic carbocycles. The molecule has 0 aliphatic heterocycles. The zero-order valence-electron chi connectivity index (χ0n) is 11.6. The minimum atomic E-state index is -1.51. The van der Waals surface area contributed by atoms with Crippen molar-refractivity contribution in [1.29, 1.82) is 0 Å². The van der Waals surface area contributed by atoms with Crippen LogP contribution in [-0.2, 0) is 12.1 Å². The predicted octanol–water partition coefficient (Wildman–Crippen LogP) is 5.27. The van der Waals surface area contributed by atoms with E-state index in [-0.39, 0.29) is 0 Å². The number of hydrogen-bond donors (Lipinski definition) is 0. The van der Waals surface area contributed by atoms with Crippen molar-refractivity contribution in [2.24, 2.45) is 0 Å². The van der Waals surface area contributed by atoms with Crippen LogP contribution in [0.5, 0.6) is 0 Å². The van der Waals surface area contributed by atoms with Gasteiger partial charge in [-0.3, -0.25) is 0 Å². The molecule has 21 heavy (non-hydrogen) atoms. The summed E-state index contributed by atoms with van der Waals surface area (Å²) in [7, 11) is 0. The topological polar surface area (TPSA) is 0 Å². The van der Waals surface area contributed by atoms with Crippen molar-refractivity contribution in [3.05, 3.63) is 90.0 Å². The molecule has 0 heterocycles. The van der Waals surface area contributed by atoms with E-state index in [0.29, 0.717) is 12.0 Å². The van der Waals surface area contributed by atoms with E-state index in [4.69, 9.17) is 0 Å². The monoisotopic (exact) mass is 274 g/mol. The second-order valence-corrected chi connectivity index (χ2v) is 5.64. The maximum Gasteiger partial charge on any atom is 0.165 e. The number of fused-ring (bicyclic) bond motifs is 2. The van der Waals surface area contributed by atoms with E-state index in [1.54, 1.807) is 0 Å². The van der Waals surface area contributed by atoms with Gasteiger partial charge >= 0.3 is 0 Å². The molecule has 1 aliphatic rings. The number of halogens is 1. The highest BCUT2D eigenvalue weighted by atomic mass is 19.1. The number of benzene rings is 3. The number of allylic oxidation sites excluding steroid dienone is 1. The molecule has 0 fully saturated rings. The summed E-state index contributed by atoms with van der Waals surface area (Å²) in [6, 6.07) is 21.6. The van der Waals surface area contributed by atoms with Crippen molar-refractivity contribution in [1.82, 2.24) is 0 Å². The summed E-state index contributed by atoms with van der Waals surface area (Å²) in [6.07, 6.45) is 0.371. The molecule has 0 saturated heterocycles. The highest BCUT2D eigenvalue weighted by molar-refractivity contribution is 5.91. The highest BCUT2D eigenvalue weighted by Crippen LogP contribution is 2.50. The third kappa shape index (κ3) is 1.67. The maximum absolute atomic E-state index is 15.9. The molecule has 1 unspecified atom stereocenters. The van der Waals surface area contributed by atoms with Crippen molar-refractivity contribution < 1.29 is 4.39 Å². The number of alkyl halides is 1. The molecule has 0 radical (unpaired) electrons. The summed E-state index contributed by atoms with van der Waals surface area (Å²) >= 11 is 0. The van der Waals surface area contributed by atoms with Crippen LogP contribution in [0, 0.1) is 0 Å². The van der Waals surface area contributed by atoms with Crippen LogP contribution < -0.4 is 0 Å². The standard InChI is InChI=1S/C20H15F/c1-14-17-10-4-3-8-16(17)13-20(14,21)19-12-6-9-15-7-2-5-11-18(15)19/h2-12H,1,13H2. The van der Waals surface area contributed by atoms with Crippen molar-refractivity contribution >= 4 is 16.3 Å². The Morgan fingerprint density at radius 2 is 1.57 bits per heavy atom. The lowest BCUT2D eigenvalue weighted by Crippen LogP contribution is -2.19. The van der Waals surface area contributed by atoms with E-state index >= 15 is 4.39 Å². The van der Waals surface area contributed by atoms with Crippen LogP contribution in [0.4, 0.5) is 4.39 Å². The predicted molar refractivity (Wildman–Crippen MR) is 85.9 cm³/mol. The van der Waals surface area contributed by atoms with E-state index < -0.39 is 5.67 Å². The molecule has 0 nitrogen and oxygen atoms in total. The Labute approximate surface area is 123 Å². The zero-order valence-corrected chi connectivity index (χ0v) is 11.6. The van der Waals surface area contributed by atoms with Gasteiger partial charge in [0.05, 0.1) is 0 Å². The van der Waals surface area contributed by atoms with E-state index in [1.807, 2.05) is 66.7 Å². The summed E-state index contributed by atoms with van der Waals surface area (Å²) < 4.78 is 15.9. The lowest BCUT2D eigenvalue weighted by atomic mass is 9.86. The number of hydrogen-bond acceptors (Lipinski definition) is 0. The van der Waals surface area contributed by atoms with Gasteiger partial charge in [-0.25, -0.2) is 4.39 Å². The molecule has 0 N–H and O–H groups in total. The average molecular weight is 274 g/mol. The molecule has 0 spiro atoms. The Bertz CT molecular complexity index is 857. The first-order valence-corrected chi connectivity index (χ1v) is 7.15. The van der Waals surface area contributed by atoms with Gasteiger partial charge < -0.3 is 0 Å². The van der Waals surface area contributed by atoms with Gasteiger partial charge in [0, 0.05) is 12.0 Å². The van der Waals surface area contributed by atoms with Crippen molar-refractivity contribution in [3.63, 3.8) is 0 Å². The smallest absolute Gasteiger partial charge is 0.165 e. The summed E-state index contributed by atoms with van der Waals surface area (Å²) in [4.78, 5) is 0. The van der Waals surface area contributed by atoms with E-state index in [0.717, 1.165) is 27.5 Å². The molecular formula is C20H15F. The summed E-state index contributed by atoms with van der Waals surface area (Å²) in [5.41, 5.74) is 1.78. The zero-order chi connectivity index (χ0) is 14.4. The third-order valence-corrected chi connectivity index (χ3v) is 4.47. The fourth-order valence-corrected chi connectivity index (χ4v) is 3.38. The maximum atomic E-state index is 15.9. The highest BCUT2D eigenvalue weighted by Gasteiger charge is 2.43. The normalized spacial score (nSPS) is 20.7. The quantitative estimate of drug-likeness (QED) is 0.566. The molecule has 1 atom stereocenters. The second kappa shape index (κ2) is 4.29. The van der Waals surface area contributed by atoms with Crippen LogP contribution >= 0.6 is 0 Å². The summed E-state index contributed by atoms with van der Waals surface area (Å²) in [5, 5.41) is 2.03. The van der Waals surface area contributed by atoms with Gasteiger partial charge in [-0.1, -0.05) is 73.3 Å². The van der Waals surface area contributed by atoms with Gasteiger partial charge in [0.1, 0.15) is 0 Å². The van der Waals surface area contributed by atoms with Crippen molar-refractivity contribution in [3.8, 4) is 0 Å². The Balaban J connectivity index is 1.96. The van der Waals surface area contributed by atoms with Gasteiger partial charge in [-0.05, 0) is 27.5 Å². The van der Waals surface area contributed by atoms with Crippen LogP contribution in [0.3, 0.4) is 0 Å². The Hall–Kier alpha value is -2.41. The Morgan fingerprint density at radius 1 is 0.857 bits per heavy atom. The van der Waals surface area contributed by atoms with Gasteiger partial charge in [-0.15, -0.1) is 0 Å². The molecule has 3 aromatic carbocycles. The van der Waals surface area contributed by atoms with E-state index in [9.17, 15) is 0 Å². The fraction of sp³-hybridized carbons (Fsp3) is 0.100. The Morgan fingerprint density at radius 3 is 2.43 bits per heavy atom. The lowest BCUT2D eigenvalue weighted by molar-refractivity contribution is 0.259. The van der Waals surface area contributed by atoms with Gasteiger partial charge in [0.25, 0.3) is 0 Å². The summed E-state index contributed by atoms with van der Waals surface area (Å²) in [5.74, 6) is 0. The first kappa shape index (κ1) is 12.3. The van der Waals surface area contributed by atoms with E-state index in [2.05, 4.69) is 6.58 Å². The van der Waals surface area contributed by atoms with Crippen LogP contribution in [-0.4, -0.2) is 0 Å². The molecular weight excluding hydrogens is 259 g/mol. The molecule has 3 aromatic rings. The number of rotatable bonds is 1. The molecule has 102 valence electrons. The van der Waals surface area contributed by atoms with Crippen molar-refractivity contribution in [2.45, 2.75) is 12.1 Å². The molecule has 4 rings (SSSR count). The first-order valence-electron chi connectivity index (χ1n) is 7.15. The van der Waals surface area contributed by atoms with Crippen LogP contribution in [0.1, 0.15) is 16.7 Å². The van der Waals surface area contributed by atoms with Gasteiger partial charge in [0.2, 0.25) is 0 Å². The Kier molecular flexibility index (Phi) is 2.52. The van der Waals surface area contributed by atoms with Crippen LogP contribution in [0.25, 0.3) is 16.3 Å². The molecule has 0 bridgehead atoms. The molecule has 1 heteroatoms. The SMILES string of the molecule is C=C1c2ccccc2CC1(F)c1cccc2ccccc12. The molecule has 0 amide bonds. The molecule has 0 saturated carbocycles. The van der Waals surface area contributed by atoms with Crippen molar-refractivity contribution in [2.75, 3.05) is 0 Å². The van der Waals surface area contributed by atoms with Gasteiger partial charge in [-0.2, -0.15) is 0 Å². The average Bonchev–Trinajstić information content (AvgIpc) is 2.79. The van der Waals surface area contributed by atoms with Crippen LogP contribution in [0.15, 0.2) is 73.3 Å². The van der Waals surface area contributed by atoms with Gasteiger partial charge in [0.15, 0.2) is 5.67 Å². The minimum Gasteiger partial charge on any atom is -0.233 e. The lowest BCUT2D eigenvalue weighted by Gasteiger charge is -2.23. The largest absolute Gasteiger partial charge is 0.233 e. The third-order valence-electron chi connectivity index (χ3n) is 4.47. The van der Waals surface area contributed by atoms with Crippen LogP contribution in [0.2, 0.25) is 0 Å². The van der Waals surface area contributed by atoms with E-state index in [1.165, 1.54) is 0 Å². The fourth-order valence-electron chi connectivity index (χ4n) is 3.38. The summed E-state index contributed by atoms with van der Waals surface area (Å²) in [6.45, 7) is 4.06. The first-order chi connectivity index (χ1) is 10.2.